The van der Waals surface area contributed by atoms with Crippen molar-refractivity contribution in [3.05, 3.63) is 30.1 Å². The van der Waals surface area contributed by atoms with Gasteiger partial charge in [0.05, 0.1) is 19.1 Å². The van der Waals surface area contributed by atoms with E-state index in [4.69, 9.17) is 4.74 Å². The van der Waals surface area contributed by atoms with Gasteiger partial charge in [-0.15, -0.1) is 0 Å². The van der Waals surface area contributed by atoms with Crippen LogP contribution in [-0.4, -0.2) is 66.6 Å². The van der Waals surface area contributed by atoms with E-state index in [1.165, 1.54) is 12.0 Å². The van der Waals surface area contributed by atoms with Crippen molar-refractivity contribution in [2.24, 2.45) is 11.8 Å². The summed E-state index contributed by atoms with van der Waals surface area (Å²) in [5.74, 6) is 1.32. The molecule has 1 unspecified atom stereocenters. The molecule has 5 nitrogen and oxygen atoms in total. The molecule has 3 heterocycles. The van der Waals surface area contributed by atoms with Gasteiger partial charge in [0, 0.05) is 44.5 Å². The van der Waals surface area contributed by atoms with Crippen LogP contribution in [0.2, 0.25) is 0 Å². The molecule has 3 rings (SSSR count). The Morgan fingerprint density at radius 3 is 2.62 bits per heavy atom. The maximum atomic E-state index is 13.1. The number of morpholine rings is 1. The molecule has 0 spiro atoms. The van der Waals surface area contributed by atoms with Crippen LogP contribution in [0.15, 0.2) is 24.5 Å². The van der Waals surface area contributed by atoms with Crippen molar-refractivity contribution in [1.29, 1.82) is 0 Å². The van der Waals surface area contributed by atoms with Crippen LogP contribution < -0.4 is 0 Å². The minimum absolute atomic E-state index is 0.0534. The third kappa shape index (κ3) is 4.14. The van der Waals surface area contributed by atoms with Crippen LogP contribution >= 0.6 is 0 Å². The Bertz CT molecular complexity index is 529. The van der Waals surface area contributed by atoms with Crippen LogP contribution in [0, 0.1) is 11.8 Å². The number of rotatable bonds is 5. The third-order valence-corrected chi connectivity index (χ3v) is 5.19. The number of pyridine rings is 1. The topological polar surface area (TPSA) is 45.7 Å². The summed E-state index contributed by atoms with van der Waals surface area (Å²) in [6, 6.07) is 4.13. The molecule has 2 fully saturated rings. The molecule has 0 bridgehead atoms. The zero-order valence-corrected chi connectivity index (χ0v) is 14.9. The first-order valence-electron chi connectivity index (χ1n) is 9.14. The van der Waals surface area contributed by atoms with Crippen molar-refractivity contribution >= 4 is 5.91 Å². The Hall–Kier alpha value is -1.46. The number of amides is 1. The monoisotopic (exact) mass is 331 g/mol. The average molecular weight is 331 g/mol. The summed E-state index contributed by atoms with van der Waals surface area (Å²) < 4.78 is 5.40. The van der Waals surface area contributed by atoms with Crippen LogP contribution in [0.25, 0.3) is 0 Å². The number of carbonyl (C=O) groups is 1. The van der Waals surface area contributed by atoms with Gasteiger partial charge in [0.15, 0.2) is 0 Å². The number of ether oxygens (including phenoxy) is 1. The van der Waals surface area contributed by atoms with Gasteiger partial charge < -0.3 is 14.5 Å². The highest BCUT2D eigenvalue weighted by molar-refractivity contribution is 5.80. The Morgan fingerprint density at radius 2 is 1.96 bits per heavy atom. The summed E-state index contributed by atoms with van der Waals surface area (Å²) in [5, 5.41) is 0. The van der Waals surface area contributed by atoms with Crippen molar-refractivity contribution in [3.8, 4) is 0 Å². The summed E-state index contributed by atoms with van der Waals surface area (Å²) in [7, 11) is 0. The zero-order valence-electron chi connectivity index (χ0n) is 14.9. The summed E-state index contributed by atoms with van der Waals surface area (Å²) in [5.41, 5.74) is 1.24. The predicted octanol–water partition coefficient (Wildman–Crippen LogP) is 2.00. The van der Waals surface area contributed by atoms with Crippen molar-refractivity contribution < 1.29 is 9.53 Å². The molecule has 2 atom stereocenters. The largest absolute Gasteiger partial charge is 0.378 e. The lowest BCUT2D eigenvalue weighted by Crippen LogP contribution is -2.45. The molecule has 2 saturated heterocycles. The van der Waals surface area contributed by atoms with Crippen LogP contribution in [0.1, 0.15) is 31.7 Å². The number of hydrogen-bond acceptors (Lipinski definition) is 4. The highest BCUT2D eigenvalue weighted by Crippen LogP contribution is 2.34. The second kappa shape index (κ2) is 8.08. The molecule has 0 N–H and O–H groups in total. The van der Waals surface area contributed by atoms with E-state index >= 15 is 0 Å². The minimum atomic E-state index is 0.0534. The average Bonchev–Trinajstić information content (AvgIpc) is 3.05. The van der Waals surface area contributed by atoms with Crippen molar-refractivity contribution in [3.63, 3.8) is 0 Å². The van der Waals surface area contributed by atoms with Crippen molar-refractivity contribution in [1.82, 2.24) is 14.8 Å². The summed E-state index contributed by atoms with van der Waals surface area (Å²) >= 11 is 0. The molecular formula is C19H29N3O2. The van der Waals surface area contributed by atoms with Crippen LogP contribution in [0.4, 0.5) is 0 Å². The maximum Gasteiger partial charge on any atom is 0.227 e. The number of nitrogens with zero attached hydrogens (tertiary/aromatic N) is 3. The first kappa shape index (κ1) is 17.4. The first-order chi connectivity index (χ1) is 11.6. The van der Waals surface area contributed by atoms with E-state index in [9.17, 15) is 4.79 Å². The molecule has 0 aliphatic carbocycles. The minimum Gasteiger partial charge on any atom is -0.378 e. The van der Waals surface area contributed by atoms with E-state index in [0.717, 1.165) is 32.7 Å². The highest BCUT2D eigenvalue weighted by Gasteiger charge is 2.40. The van der Waals surface area contributed by atoms with E-state index in [2.05, 4.69) is 35.9 Å². The van der Waals surface area contributed by atoms with Gasteiger partial charge in [0.2, 0.25) is 5.91 Å². The molecule has 24 heavy (non-hydrogen) atoms. The maximum absolute atomic E-state index is 13.1. The van der Waals surface area contributed by atoms with Gasteiger partial charge in [-0.05, 0) is 36.6 Å². The number of hydrogen-bond donors (Lipinski definition) is 0. The fourth-order valence-electron chi connectivity index (χ4n) is 3.73. The Labute approximate surface area is 145 Å². The van der Waals surface area contributed by atoms with E-state index < -0.39 is 0 Å². The molecule has 0 aromatic carbocycles. The molecule has 0 saturated carbocycles. The first-order valence-corrected chi connectivity index (χ1v) is 9.14. The van der Waals surface area contributed by atoms with Crippen molar-refractivity contribution in [2.45, 2.75) is 26.2 Å². The van der Waals surface area contributed by atoms with Gasteiger partial charge in [-0.25, -0.2) is 0 Å². The van der Waals surface area contributed by atoms with Gasteiger partial charge in [-0.3, -0.25) is 9.78 Å². The van der Waals surface area contributed by atoms with Gasteiger partial charge in [0.25, 0.3) is 0 Å². The van der Waals surface area contributed by atoms with Crippen LogP contribution in [0.3, 0.4) is 0 Å². The van der Waals surface area contributed by atoms with Gasteiger partial charge in [-0.2, -0.15) is 0 Å². The normalized spacial score (nSPS) is 25.4. The smallest absolute Gasteiger partial charge is 0.227 e. The fourth-order valence-corrected chi connectivity index (χ4v) is 3.73. The molecule has 5 heteroatoms. The van der Waals surface area contributed by atoms with Crippen LogP contribution in [-0.2, 0) is 9.53 Å². The quantitative estimate of drug-likeness (QED) is 0.828. The van der Waals surface area contributed by atoms with E-state index in [-0.39, 0.29) is 11.8 Å². The van der Waals surface area contributed by atoms with Gasteiger partial charge in [0.1, 0.15) is 0 Å². The lowest BCUT2D eigenvalue weighted by atomic mass is 9.88. The molecule has 1 amide bonds. The standard InChI is InChI=1S/C19H29N3O2/c1-15(2)5-8-21-13-17(16-3-6-20-7-4-16)18(14-21)19(23)22-9-11-24-12-10-22/h3-4,6-7,15,17-18H,5,8-14H2,1-2H3/t17-,18?/m1/s1. The molecule has 1 aromatic heterocycles. The third-order valence-electron chi connectivity index (χ3n) is 5.19. The lowest BCUT2D eigenvalue weighted by Gasteiger charge is -2.31. The fraction of sp³-hybridized carbons (Fsp3) is 0.684. The molecule has 2 aliphatic rings. The summed E-state index contributed by atoms with van der Waals surface area (Å²) in [6.45, 7) is 10.2. The number of likely N-dealkylation sites (tertiary alicyclic amines) is 1. The summed E-state index contributed by atoms with van der Waals surface area (Å²) in [6.07, 6.45) is 4.85. The van der Waals surface area contributed by atoms with Gasteiger partial charge in [-0.1, -0.05) is 13.8 Å². The van der Waals surface area contributed by atoms with E-state index in [1.807, 2.05) is 17.3 Å². The Kier molecular flexibility index (Phi) is 5.85. The Balaban J connectivity index is 1.73. The van der Waals surface area contributed by atoms with Crippen molar-refractivity contribution in [2.75, 3.05) is 45.9 Å². The molecule has 2 aliphatic heterocycles. The molecular weight excluding hydrogens is 302 g/mol. The second-order valence-electron chi connectivity index (χ2n) is 7.37. The Morgan fingerprint density at radius 1 is 1.25 bits per heavy atom. The van der Waals surface area contributed by atoms with Crippen LogP contribution in [0.5, 0.6) is 0 Å². The molecule has 1 aromatic rings. The number of aromatic nitrogens is 1. The predicted molar refractivity (Wildman–Crippen MR) is 93.8 cm³/mol. The molecule has 132 valence electrons. The van der Waals surface area contributed by atoms with E-state index in [0.29, 0.717) is 25.0 Å². The highest BCUT2D eigenvalue weighted by atomic mass is 16.5. The molecule has 0 radical (unpaired) electrons. The second-order valence-corrected chi connectivity index (χ2v) is 7.37. The zero-order chi connectivity index (χ0) is 16.9. The van der Waals surface area contributed by atoms with Gasteiger partial charge >= 0.3 is 0 Å². The lowest BCUT2D eigenvalue weighted by molar-refractivity contribution is -0.139. The SMILES string of the molecule is CC(C)CCN1CC(C(=O)N2CCOCC2)[C@@H](c2ccncc2)C1. The number of carbonyl (C=O) groups excluding carboxylic acids is 1. The summed E-state index contributed by atoms with van der Waals surface area (Å²) in [4.78, 5) is 21.7. The van der Waals surface area contributed by atoms with E-state index in [1.54, 1.807) is 0 Å².